The van der Waals surface area contributed by atoms with E-state index >= 15 is 0 Å². The van der Waals surface area contributed by atoms with Gasteiger partial charge < -0.3 is 4.18 Å². The van der Waals surface area contributed by atoms with Gasteiger partial charge in [-0.2, -0.15) is 8.42 Å². The molecule has 21 heavy (non-hydrogen) atoms. The van der Waals surface area contributed by atoms with E-state index in [1.807, 2.05) is 0 Å². The Kier molecular flexibility index (Phi) is 4.24. The van der Waals surface area contributed by atoms with E-state index in [2.05, 4.69) is 20.9 Å². The fourth-order valence-corrected chi connectivity index (χ4v) is 2.69. The highest BCUT2D eigenvalue weighted by atomic mass is 79.9. The van der Waals surface area contributed by atoms with Crippen LogP contribution < -0.4 is 4.18 Å². The summed E-state index contributed by atoms with van der Waals surface area (Å²) in [5, 5.41) is 10.9. The first kappa shape index (κ1) is 15.4. The minimum Gasteiger partial charge on any atom is -0.351 e. The quantitative estimate of drug-likeness (QED) is 0.464. The predicted molar refractivity (Wildman–Crippen MR) is 77.6 cm³/mol. The van der Waals surface area contributed by atoms with Crippen LogP contribution in [0.15, 0.2) is 45.9 Å². The fourth-order valence-electron chi connectivity index (χ4n) is 1.47. The molecule has 0 spiro atoms. The minimum absolute atomic E-state index is 0.105. The second-order valence-corrected chi connectivity index (χ2v) is 6.55. The molecule has 1 aromatic carbocycles. The lowest BCUT2D eigenvalue weighted by Crippen LogP contribution is -2.12. The van der Waals surface area contributed by atoms with E-state index < -0.39 is 26.6 Å². The summed E-state index contributed by atoms with van der Waals surface area (Å²) in [5.74, 6) is -0.580. The first-order valence-corrected chi connectivity index (χ1v) is 7.81. The summed E-state index contributed by atoms with van der Waals surface area (Å²) < 4.78 is 29.3. The van der Waals surface area contributed by atoms with Crippen LogP contribution in [0.4, 0.5) is 5.69 Å². The molecule has 9 heteroatoms. The molecule has 0 saturated carbocycles. The second-order valence-electron chi connectivity index (χ2n) is 4.09. The van der Waals surface area contributed by atoms with Crippen LogP contribution in [0.2, 0.25) is 0 Å². The van der Waals surface area contributed by atoms with E-state index in [1.54, 1.807) is 19.1 Å². The van der Waals surface area contributed by atoms with Gasteiger partial charge in [0.2, 0.25) is 0 Å². The van der Waals surface area contributed by atoms with Gasteiger partial charge >= 0.3 is 21.7 Å². The highest BCUT2D eigenvalue weighted by Crippen LogP contribution is 2.29. The van der Waals surface area contributed by atoms with Crippen LogP contribution in [0.25, 0.3) is 0 Å². The summed E-state index contributed by atoms with van der Waals surface area (Å²) in [6, 6.07) is 7.02. The standard InChI is InChI=1S/C12H9BrN2O5S/c1-8-2-4-10(5-3-8)21(18,19)20-12-11(15(16)17)6-9(13)7-14-12/h2-7H,1H3. The van der Waals surface area contributed by atoms with Gasteiger partial charge in [-0.1, -0.05) is 17.7 Å². The van der Waals surface area contributed by atoms with Gasteiger partial charge in [0.25, 0.3) is 0 Å². The van der Waals surface area contributed by atoms with Crippen molar-refractivity contribution in [2.75, 3.05) is 0 Å². The Morgan fingerprint density at radius 1 is 1.29 bits per heavy atom. The average molecular weight is 373 g/mol. The number of aryl methyl sites for hydroxylation is 1. The Labute approximate surface area is 129 Å². The number of nitrogens with zero attached hydrogens (tertiary/aromatic N) is 2. The number of aromatic nitrogens is 1. The van der Waals surface area contributed by atoms with Gasteiger partial charge in [-0.05, 0) is 35.0 Å². The van der Waals surface area contributed by atoms with Gasteiger partial charge in [-0.15, -0.1) is 0 Å². The highest BCUT2D eigenvalue weighted by molar-refractivity contribution is 9.10. The van der Waals surface area contributed by atoms with E-state index in [0.717, 1.165) is 11.6 Å². The first-order chi connectivity index (χ1) is 9.79. The number of halogens is 1. The van der Waals surface area contributed by atoms with Crippen molar-refractivity contribution in [3.63, 3.8) is 0 Å². The van der Waals surface area contributed by atoms with Crippen molar-refractivity contribution in [3.05, 3.63) is 56.7 Å². The number of rotatable bonds is 4. The molecule has 7 nitrogen and oxygen atoms in total. The predicted octanol–water partition coefficient (Wildman–Crippen LogP) is 2.83. The molecule has 0 radical (unpaired) electrons. The van der Waals surface area contributed by atoms with Crippen LogP contribution >= 0.6 is 15.9 Å². The monoisotopic (exact) mass is 372 g/mol. The maximum atomic E-state index is 12.1. The molecule has 2 rings (SSSR count). The SMILES string of the molecule is Cc1ccc(S(=O)(=O)Oc2ncc(Br)cc2[N+](=O)[O-])cc1. The van der Waals surface area contributed by atoms with Crippen molar-refractivity contribution in [3.8, 4) is 5.88 Å². The van der Waals surface area contributed by atoms with Crippen LogP contribution in [-0.2, 0) is 10.1 Å². The summed E-state index contributed by atoms with van der Waals surface area (Å²) in [4.78, 5) is 13.7. The normalized spacial score (nSPS) is 11.1. The van der Waals surface area contributed by atoms with Gasteiger partial charge in [0.1, 0.15) is 4.90 Å². The zero-order valence-electron chi connectivity index (χ0n) is 10.7. The summed E-state index contributed by atoms with van der Waals surface area (Å²) in [5.41, 5.74) is 0.335. The third kappa shape index (κ3) is 3.56. The second kappa shape index (κ2) is 5.78. The molecule has 0 bridgehead atoms. The third-order valence-corrected chi connectivity index (χ3v) is 4.15. The summed E-state index contributed by atoms with van der Waals surface area (Å²) in [6.45, 7) is 1.80. The minimum atomic E-state index is -4.18. The molecule has 0 unspecified atom stereocenters. The van der Waals surface area contributed by atoms with Crippen molar-refractivity contribution in [1.82, 2.24) is 4.98 Å². The van der Waals surface area contributed by atoms with Gasteiger partial charge in [0, 0.05) is 16.7 Å². The Morgan fingerprint density at radius 3 is 2.48 bits per heavy atom. The van der Waals surface area contributed by atoms with Crippen LogP contribution in [-0.4, -0.2) is 18.3 Å². The maximum Gasteiger partial charge on any atom is 0.340 e. The van der Waals surface area contributed by atoms with Gasteiger partial charge in [-0.3, -0.25) is 10.1 Å². The summed E-state index contributed by atoms with van der Waals surface area (Å²) in [7, 11) is -4.18. The zero-order valence-corrected chi connectivity index (χ0v) is 13.1. The summed E-state index contributed by atoms with van der Waals surface area (Å²) in [6.07, 6.45) is 1.22. The van der Waals surface area contributed by atoms with Crippen molar-refractivity contribution in [1.29, 1.82) is 0 Å². The highest BCUT2D eigenvalue weighted by Gasteiger charge is 2.25. The van der Waals surface area contributed by atoms with Crippen LogP contribution in [0.5, 0.6) is 5.88 Å². The fraction of sp³-hybridized carbons (Fsp3) is 0.0833. The smallest absolute Gasteiger partial charge is 0.340 e. The molecule has 0 saturated heterocycles. The number of hydrogen-bond acceptors (Lipinski definition) is 6. The Morgan fingerprint density at radius 2 is 1.90 bits per heavy atom. The molecule has 0 fully saturated rings. The largest absolute Gasteiger partial charge is 0.351 e. The lowest BCUT2D eigenvalue weighted by Gasteiger charge is -2.06. The first-order valence-electron chi connectivity index (χ1n) is 5.61. The van der Waals surface area contributed by atoms with E-state index in [9.17, 15) is 18.5 Å². The summed E-state index contributed by atoms with van der Waals surface area (Å²) >= 11 is 3.03. The number of pyridine rings is 1. The lowest BCUT2D eigenvalue weighted by atomic mass is 10.2. The molecule has 0 aliphatic rings. The molecule has 1 heterocycles. The van der Waals surface area contributed by atoms with Gasteiger partial charge in [0.15, 0.2) is 0 Å². The van der Waals surface area contributed by atoms with Gasteiger partial charge in [-0.25, -0.2) is 4.98 Å². The topological polar surface area (TPSA) is 99.4 Å². The van der Waals surface area contributed by atoms with Crippen LogP contribution in [0.3, 0.4) is 0 Å². The Hall–Kier alpha value is -2.00. The van der Waals surface area contributed by atoms with Crippen molar-refractivity contribution in [2.45, 2.75) is 11.8 Å². The molecule has 0 aliphatic carbocycles. The average Bonchev–Trinajstić information content (AvgIpc) is 2.41. The van der Waals surface area contributed by atoms with Gasteiger partial charge in [0.05, 0.1) is 4.92 Å². The molecule has 0 aliphatic heterocycles. The maximum absolute atomic E-state index is 12.1. The number of nitro groups is 1. The van der Waals surface area contributed by atoms with Crippen LogP contribution in [0, 0.1) is 17.0 Å². The van der Waals surface area contributed by atoms with Crippen LogP contribution in [0.1, 0.15) is 5.56 Å². The molecule has 0 amide bonds. The molecule has 110 valence electrons. The lowest BCUT2D eigenvalue weighted by molar-refractivity contribution is -0.385. The zero-order chi connectivity index (χ0) is 15.6. The Bertz CT molecular complexity index is 790. The number of hydrogen-bond donors (Lipinski definition) is 0. The molecule has 2 aromatic rings. The van der Waals surface area contributed by atoms with Crippen molar-refractivity contribution < 1.29 is 17.5 Å². The van der Waals surface area contributed by atoms with E-state index in [1.165, 1.54) is 18.3 Å². The molecular weight excluding hydrogens is 364 g/mol. The van der Waals surface area contributed by atoms with E-state index in [4.69, 9.17) is 4.18 Å². The van der Waals surface area contributed by atoms with E-state index in [0.29, 0.717) is 4.47 Å². The molecule has 1 aromatic heterocycles. The van der Waals surface area contributed by atoms with Crippen molar-refractivity contribution >= 4 is 31.7 Å². The molecule has 0 atom stereocenters. The molecular formula is C12H9BrN2O5S. The molecule has 0 N–H and O–H groups in total. The third-order valence-electron chi connectivity index (χ3n) is 2.49. The number of benzene rings is 1. The van der Waals surface area contributed by atoms with Crippen molar-refractivity contribution in [2.24, 2.45) is 0 Å². The Balaban J connectivity index is 2.41. The van der Waals surface area contributed by atoms with E-state index in [-0.39, 0.29) is 4.90 Å².